The van der Waals surface area contributed by atoms with Gasteiger partial charge in [-0.05, 0) is 48.8 Å². The molecule has 1 saturated carbocycles. The first-order valence-corrected chi connectivity index (χ1v) is 6.97. The molecule has 0 saturated heterocycles. The predicted molar refractivity (Wildman–Crippen MR) is 77.3 cm³/mol. The minimum absolute atomic E-state index is 0.0234. The number of hydrogen-bond donors (Lipinski definition) is 2. The Balaban J connectivity index is 2.02. The van der Waals surface area contributed by atoms with Crippen molar-refractivity contribution in [2.45, 2.75) is 38.5 Å². The fourth-order valence-corrected chi connectivity index (χ4v) is 2.53. The van der Waals surface area contributed by atoms with Crippen LogP contribution in [-0.2, 0) is 0 Å². The maximum atomic E-state index is 12.2. The van der Waals surface area contributed by atoms with Crippen molar-refractivity contribution >= 4 is 18.5 Å². The molecular formula is C15H21NOS. The molecule has 1 amide bonds. The molecular weight excluding hydrogens is 242 g/mol. The van der Waals surface area contributed by atoms with Crippen LogP contribution in [0.4, 0.5) is 0 Å². The number of aryl methyl sites for hydroxylation is 1. The lowest BCUT2D eigenvalue weighted by atomic mass is 9.92. The zero-order chi connectivity index (χ0) is 13.3. The SMILES string of the molecule is Cc1ccc(S)cc1C(=O)NCC1(C(C)C)CC1. The van der Waals surface area contributed by atoms with Crippen molar-refractivity contribution in [3.05, 3.63) is 29.3 Å². The maximum Gasteiger partial charge on any atom is 0.251 e. The molecule has 0 radical (unpaired) electrons. The highest BCUT2D eigenvalue weighted by atomic mass is 32.1. The van der Waals surface area contributed by atoms with E-state index in [1.54, 1.807) is 0 Å². The highest BCUT2D eigenvalue weighted by Gasteiger charge is 2.45. The van der Waals surface area contributed by atoms with Gasteiger partial charge in [-0.1, -0.05) is 19.9 Å². The van der Waals surface area contributed by atoms with E-state index in [9.17, 15) is 4.79 Å². The van der Waals surface area contributed by atoms with Gasteiger partial charge in [0.25, 0.3) is 5.91 Å². The molecule has 1 aromatic rings. The molecule has 18 heavy (non-hydrogen) atoms. The van der Waals surface area contributed by atoms with E-state index >= 15 is 0 Å². The molecule has 1 aliphatic rings. The Labute approximate surface area is 115 Å². The number of benzene rings is 1. The number of amides is 1. The largest absolute Gasteiger partial charge is 0.351 e. The summed E-state index contributed by atoms with van der Waals surface area (Å²) in [4.78, 5) is 13.0. The van der Waals surface area contributed by atoms with E-state index in [1.807, 2.05) is 25.1 Å². The molecule has 0 aliphatic heterocycles. The van der Waals surface area contributed by atoms with Gasteiger partial charge in [0.05, 0.1) is 0 Å². The van der Waals surface area contributed by atoms with Gasteiger partial charge in [-0.2, -0.15) is 0 Å². The monoisotopic (exact) mass is 263 g/mol. The van der Waals surface area contributed by atoms with E-state index < -0.39 is 0 Å². The van der Waals surface area contributed by atoms with Crippen molar-refractivity contribution in [2.75, 3.05) is 6.54 Å². The molecule has 3 heteroatoms. The first-order chi connectivity index (χ1) is 8.44. The Morgan fingerprint density at radius 1 is 1.44 bits per heavy atom. The summed E-state index contributed by atoms with van der Waals surface area (Å²) in [5.74, 6) is 0.658. The van der Waals surface area contributed by atoms with Gasteiger partial charge < -0.3 is 5.32 Å². The van der Waals surface area contributed by atoms with Gasteiger partial charge in [-0.3, -0.25) is 4.79 Å². The van der Waals surface area contributed by atoms with Crippen molar-refractivity contribution in [1.29, 1.82) is 0 Å². The third kappa shape index (κ3) is 2.72. The lowest BCUT2D eigenvalue weighted by molar-refractivity contribution is 0.0939. The second-order valence-electron chi connectivity index (χ2n) is 5.70. The van der Waals surface area contributed by atoms with Gasteiger partial charge in [-0.25, -0.2) is 0 Å². The topological polar surface area (TPSA) is 29.1 Å². The highest BCUT2D eigenvalue weighted by molar-refractivity contribution is 7.80. The van der Waals surface area contributed by atoms with Crippen LogP contribution in [0.25, 0.3) is 0 Å². The van der Waals surface area contributed by atoms with Crippen LogP contribution < -0.4 is 5.32 Å². The fraction of sp³-hybridized carbons (Fsp3) is 0.533. The quantitative estimate of drug-likeness (QED) is 0.800. The standard InChI is InChI=1S/C15H21NOS/c1-10(2)15(6-7-15)9-16-14(17)13-8-12(18)5-4-11(13)3/h4-5,8,10,18H,6-7,9H2,1-3H3,(H,16,17). The van der Waals surface area contributed by atoms with Gasteiger partial charge in [0.2, 0.25) is 0 Å². The first kappa shape index (κ1) is 13.5. The lowest BCUT2D eigenvalue weighted by Gasteiger charge is -2.20. The second kappa shape index (κ2) is 4.96. The number of hydrogen-bond acceptors (Lipinski definition) is 2. The Morgan fingerprint density at radius 2 is 2.11 bits per heavy atom. The molecule has 1 N–H and O–H groups in total. The average Bonchev–Trinajstić information content (AvgIpc) is 3.10. The summed E-state index contributed by atoms with van der Waals surface area (Å²) < 4.78 is 0. The number of thiol groups is 1. The molecule has 2 nitrogen and oxygen atoms in total. The second-order valence-corrected chi connectivity index (χ2v) is 6.22. The summed E-state index contributed by atoms with van der Waals surface area (Å²) in [6, 6.07) is 5.68. The van der Waals surface area contributed by atoms with Crippen LogP contribution in [0.2, 0.25) is 0 Å². The maximum absolute atomic E-state index is 12.2. The Hall–Kier alpha value is -0.960. The molecule has 98 valence electrons. The third-order valence-corrected chi connectivity index (χ3v) is 4.46. The summed E-state index contributed by atoms with van der Waals surface area (Å²) in [7, 11) is 0. The molecule has 0 spiro atoms. The van der Waals surface area contributed by atoms with Crippen molar-refractivity contribution in [2.24, 2.45) is 11.3 Å². The van der Waals surface area contributed by atoms with Crippen molar-refractivity contribution in [1.82, 2.24) is 5.32 Å². The molecule has 2 rings (SSSR count). The van der Waals surface area contributed by atoms with E-state index in [2.05, 4.69) is 31.8 Å². The molecule has 1 aromatic carbocycles. The van der Waals surface area contributed by atoms with E-state index in [1.165, 1.54) is 12.8 Å². The Bertz CT molecular complexity index is 464. The lowest BCUT2D eigenvalue weighted by Crippen LogP contribution is -2.32. The zero-order valence-corrected chi connectivity index (χ0v) is 12.2. The van der Waals surface area contributed by atoms with Crippen molar-refractivity contribution < 1.29 is 4.79 Å². The summed E-state index contributed by atoms with van der Waals surface area (Å²) in [6.45, 7) is 7.22. The summed E-state index contributed by atoms with van der Waals surface area (Å²) in [5.41, 5.74) is 2.09. The molecule has 0 atom stereocenters. The van der Waals surface area contributed by atoms with Crippen LogP contribution >= 0.6 is 12.6 Å². The number of carbonyl (C=O) groups excluding carboxylic acids is 1. The van der Waals surface area contributed by atoms with E-state index in [4.69, 9.17) is 0 Å². The van der Waals surface area contributed by atoms with Crippen molar-refractivity contribution in [3.63, 3.8) is 0 Å². The van der Waals surface area contributed by atoms with Crippen LogP contribution in [0.1, 0.15) is 42.6 Å². The molecule has 1 aliphatic carbocycles. The van der Waals surface area contributed by atoms with Crippen LogP contribution in [0, 0.1) is 18.3 Å². The minimum Gasteiger partial charge on any atom is -0.351 e. The summed E-state index contributed by atoms with van der Waals surface area (Å²) in [6.07, 6.45) is 2.47. The van der Waals surface area contributed by atoms with Gasteiger partial charge in [0.15, 0.2) is 0 Å². The fourth-order valence-electron chi connectivity index (χ4n) is 2.32. The molecule has 1 fully saturated rings. The minimum atomic E-state index is 0.0234. The predicted octanol–water partition coefficient (Wildman–Crippen LogP) is 3.45. The third-order valence-electron chi connectivity index (χ3n) is 4.18. The van der Waals surface area contributed by atoms with E-state index in [0.29, 0.717) is 11.3 Å². The Kier molecular flexibility index (Phi) is 3.71. The van der Waals surface area contributed by atoms with Gasteiger partial charge in [-0.15, -0.1) is 12.6 Å². The average molecular weight is 263 g/mol. The van der Waals surface area contributed by atoms with Gasteiger partial charge in [0, 0.05) is 17.0 Å². The summed E-state index contributed by atoms with van der Waals surface area (Å²) in [5, 5.41) is 3.08. The van der Waals surface area contributed by atoms with Crippen LogP contribution in [0.15, 0.2) is 23.1 Å². The normalized spacial score (nSPS) is 16.7. The zero-order valence-electron chi connectivity index (χ0n) is 11.3. The van der Waals surface area contributed by atoms with E-state index in [0.717, 1.165) is 22.6 Å². The van der Waals surface area contributed by atoms with E-state index in [-0.39, 0.29) is 5.91 Å². The van der Waals surface area contributed by atoms with Crippen LogP contribution in [0.3, 0.4) is 0 Å². The molecule has 0 bridgehead atoms. The number of carbonyl (C=O) groups is 1. The number of nitrogens with one attached hydrogen (secondary N) is 1. The van der Waals surface area contributed by atoms with Crippen LogP contribution in [-0.4, -0.2) is 12.5 Å². The van der Waals surface area contributed by atoms with Gasteiger partial charge >= 0.3 is 0 Å². The molecule has 0 aromatic heterocycles. The number of rotatable bonds is 4. The van der Waals surface area contributed by atoms with Crippen LogP contribution in [0.5, 0.6) is 0 Å². The summed E-state index contributed by atoms with van der Waals surface area (Å²) >= 11 is 4.29. The molecule has 0 unspecified atom stereocenters. The smallest absolute Gasteiger partial charge is 0.251 e. The molecule has 0 heterocycles. The van der Waals surface area contributed by atoms with Crippen molar-refractivity contribution in [3.8, 4) is 0 Å². The van der Waals surface area contributed by atoms with Gasteiger partial charge in [0.1, 0.15) is 0 Å². The first-order valence-electron chi connectivity index (χ1n) is 6.52. The Morgan fingerprint density at radius 3 is 2.67 bits per heavy atom. The highest BCUT2D eigenvalue weighted by Crippen LogP contribution is 2.51.